The molecule has 0 bridgehead atoms. The zero-order valence-electron chi connectivity index (χ0n) is 8.82. The zero-order valence-corrected chi connectivity index (χ0v) is 8.82. The van der Waals surface area contributed by atoms with Crippen LogP contribution in [0, 0.1) is 6.92 Å². The second-order valence-electron chi connectivity index (χ2n) is 3.47. The summed E-state index contributed by atoms with van der Waals surface area (Å²) in [5, 5.41) is 0. The molecular weight excluding hydrogens is 176 g/mol. The maximum absolute atomic E-state index is 11.6. The van der Waals surface area contributed by atoms with E-state index < -0.39 is 6.04 Å². The van der Waals surface area contributed by atoms with Crippen molar-refractivity contribution in [2.75, 3.05) is 11.9 Å². The van der Waals surface area contributed by atoms with Gasteiger partial charge in [-0.2, -0.15) is 0 Å². The number of amides is 1. The van der Waals surface area contributed by atoms with Gasteiger partial charge in [0.25, 0.3) is 0 Å². The Labute approximate surface area is 84.5 Å². The van der Waals surface area contributed by atoms with Crippen molar-refractivity contribution in [3.05, 3.63) is 29.8 Å². The largest absolute Gasteiger partial charge is 0.320 e. The Bertz CT molecular complexity index is 334. The first kappa shape index (κ1) is 10.7. The van der Waals surface area contributed by atoms with Gasteiger partial charge in [0.05, 0.1) is 6.04 Å². The molecule has 0 saturated heterocycles. The Morgan fingerprint density at radius 3 is 2.50 bits per heavy atom. The molecule has 14 heavy (non-hydrogen) atoms. The molecule has 0 heterocycles. The molecule has 1 amide bonds. The van der Waals surface area contributed by atoms with Gasteiger partial charge in [-0.05, 0) is 25.5 Å². The highest BCUT2D eigenvalue weighted by atomic mass is 16.2. The lowest BCUT2D eigenvalue weighted by Crippen LogP contribution is -2.40. The van der Waals surface area contributed by atoms with E-state index in [1.54, 1.807) is 18.9 Å². The number of rotatable bonds is 2. The average molecular weight is 192 g/mol. The van der Waals surface area contributed by atoms with Gasteiger partial charge in [0.1, 0.15) is 0 Å². The summed E-state index contributed by atoms with van der Waals surface area (Å²) in [5.41, 5.74) is 7.52. The highest BCUT2D eigenvalue weighted by Crippen LogP contribution is 2.17. The highest BCUT2D eigenvalue weighted by molar-refractivity contribution is 5.96. The fourth-order valence-corrected chi connectivity index (χ4v) is 1.36. The Balaban J connectivity index is 2.95. The van der Waals surface area contributed by atoms with Crippen molar-refractivity contribution >= 4 is 11.6 Å². The molecule has 0 radical (unpaired) electrons. The van der Waals surface area contributed by atoms with Crippen LogP contribution in [0.4, 0.5) is 5.69 Å². The molecular formula is C11H16N2O. The maximum atomic E-state index is 11.6. The third-order valence-electron chi connectivity index (χ3n) is 2.20. The van der Waals surface area contributed by atoms with Crippen LogP contribution in [-0.2, 0) is 4.79 Å². The fourth-order valence-electron chi connectivity index (χ4n) is 1.36. The van der Waals surface area contributed by atoms with E-state index in [4.69, 9.17) is 5.73 Å². The number of anilines is 1. The molecule has 0 unspecified atom stereocenters. The van der Waals surface area contributed by atoms with Crippen molar-refractivity contribution in [1.29, 1.82) is 0 Å². The average Bonchev–Trinajstić information content (AvgIpc) is 2.16. The van der Waals surface area contributed by atoms with Gasteiger partial charge in [0, 0.05) is 12.7 Å². The van der Waals surface area contributed by atoms with Gasteiger partial charge in [-0.25, -0.2) is 0 Å². The number of carbonyl (C=O) groups excluding carboxylic acids is 1. The fraction of sp³-hybridized carbons (Fsp3) is 0.364. The second-order valence-corrected chi connectivity index (χ2v) is 3.47. The van der Waals surface area contributed by atoms with Gasteiger partial charge in [0.2, 0.25) is 5.91 Å². The molecule has 3 heteroatoms. The molecule has 1 aromatic carbocycles. The minimum atomic E-state index is -0.459. The monoisotopic (exact) mass is 192 g/mol. The van der Waals surface area contributed by atoms with Crippen molar-refractivity contribution in [3.8, 4) is 0 Å². The van der Waals surface area contributed by atoms with Crippen LogP contribution in [0.5, 0.6) is 0 Å². The van der Waals surface area contributed by atoms with Crippen LogP contribution in [-0.4, -0.2) is 19.0 Å². The quantitative estimate of drug-likeness (QED) is 0.767. The first-order chi connectivity index (χ1) is 6.54. The summed E-state index contributed by atoms with van der Waals surface area (Å²) >= 11 is 0. The molecule has 1 rings (SSSR count). The summed E-state index contributed by atoms with van der Waals surface area (Å²) in [4.78, 5) is 13.2. The lowest BCUT2D eigenvalue weighted by Gasteiger charge is -2.21. The number of nitrogens with two attached hydrogens (primary N) is 1. The molecule has 1 aromatic rings. The van der Waals surface area contributed by atoms with Crippen molar-refractivity contribution in [2.24, 2.45) is 5.73 Å². The van der Waals surface area contributed by atoms with E-state index in [-0.39, 0.29) is 5.91 Å². The standard InChI is InChI=1S/C11H16N2O/c1-8-6-4-5-7-10(8)13(3)11(14)9(2)12/h4-7,9H,12H2,1-3H3/t9-/m1/s1. The third-order valence-corrected chi connectivity index (χ3v) is 2.20. The SMILES string of the molecule is Cc1ccccc1N(C)C(=O)[C@@H](C)N. The van der Waals surface area contributed by atoms with Crippen LogP contribution in [0.2, 0.25) is 0 Å². The van der Waals surface area contributed by atoms with Crippen LogP contribution < -0.4 is 10.6 Å². The van der Waals surface area contributed by atoms with Crippen LogP contribution in [0.1, 0.15) is 12.5 Å². The van der Waals surface area contributed by atoms with Gasteiger partial charge in [0.15, 0.2) is 0 Å². The van der Waals surface area contributed by atoms with Crippen molar-refractivity contribution in [2.45, 2.75) is 19.9 Å². The normalized spacial score (nSPS) is 12.3. The van der Waals surface area contributed by atoms with E-state index in [2.05, 4.69) is 0 Å². The molecule has 3 nitrogen and oxygen atoms in total. The van der Waals surface area contributed by atoms with Gasteiger partial charge in [-0.15, -0.1) is 0 Å². The summed E-state index contributed by atoms with van der Waals surface area (Å²) in [6.07, 6.45) is 0. The second kappa shape index (κ2) is 4.24. The number of para-hydroxylation sites is 1. The van der Waals surface area contributed by atoms with Crippen molar-refractivity contribution in [3.63, 3.8) is 0 Å². The van der Waals surface area contributed by atoms with Crippen molar-refractivity contribution in [1.82, 2.24) is 0 Å². The lowest BCUT2D eigenvalue weighted by atomic mass is 10.1. The maximum Gasteiger partial charge on any atom is 0.243 e. The number of hydrogen-bond acceptors (Lipinski definition) is 2. The van der Waals surface area contributed by atoms with E-state index in [9.17, 15) is 4.79 Å². The van der Waals surface area contributed by atoms with Gasteiger partial charge < -0.3 is 10.6 Å². The Morgan fingerprint density at radius 2 is 2.00 bits per heavy atom. The van der Waals surface area contributed by atoms with Crippen LogP contribution in [0.15, 0.2) is 24.3 Å². The molecule has 0 aromatic heterocycles. The van der Waals surface area contributed by atoms with Crippen LogP contribution in [0.3, 0.4) is 0 Å². The number of benzene rings is 1. The van der Waals surface area contributed by atoms with E-state index in [1.807, 2.05) is 31.2 Å². The predicted molar refractivity (Wildman–Crippen MR) is 58.2 cm³/mol. The first-order valence-electron chi connectivity index (χ1n) is 4.63. The molecule has 0 aliphatic heterocycles. The highest BCUT2D eigenvalue weighted by Gasteiger charge is 2.15. The number of aryl methyl sites for hydroxylation is 1. The van der Waals surface area contributed by atoms with E-state index in [1.165, 1.54) is 0 Å². The minimum absolute atomic E-state index is 0.0701. The molecule has 0 fully saturated rings. The molecule has 76 valence electrons. The Morgan fingerprint density at radius 1 is 1.43 bits per heavy atom. The molecule has 0 aliphatic rings. The number of nitrogens with zero attached hydrogens (tertiary/aromatic N) is 1. The summed E-state index contributed by atoms with van der Waals surface area (Å²) in [7, 11) is 1.74. The Kier molecular flexibility index (Phi) is 3.25. The van der Waals surface area contributed by atoms with Gasteiger partial charge in [-0.1, -0.05) is 18.2 Å². The molecule has 2 N–H and O–H groups in total. The van der Waals surface area contributed by atoms with Gasteiger partial charge in [-0.3, -0.25) is 4.79 Å². The smallest absolute Gasteiger partial charge is 0.243 e. The summed E-state index contributed by atoms with van der Waals surface area (Å²) in [6, 6.07) is 7.28. The summed E-state index contributed by atoms with van der Waals surface area (Å²) < 4.78 is 0. The van der Waals surface area contributed by atoms with Crippen LogP contribution in [0.25, 0.3) is 0 Å². The summed E-state index contributed by atoms with van der Waals surface area (Å²) in [5.74, 6) is -0.0701. The lowest BCUT2D eigenvalue weighted by molar-refractivity contribution is -0.119. The number of carbonyl (C=O) groups is 1. The molecule has 1 atom stereocenters. The first-order valence-corrected chi connectivity index (χ1v) is 4.63. The minimum Gasteiger partial charge on any atom is -0.320 e. The molecule has 0 aliphatic carbocycles. The molecule has 0 spiro atoms. The number of likely N-dealkylation sites (N-methyl/N-ethyl adjacent to an activating group) is 1. The number of hydrogen-bond donors (Lipinski definition) is 1. The summed E-state index contributed by atoms with van der Waals surface area (Å²) in [6.45, 7) is 3.66. The van der Waals surface area contributed by atoms with E-state index in [0.717, 1.165) is 11.3 Å². The topological polar surface area (TPSA) is 46.3 Å². The molecule has 0 saturated carbocycles. The third kappa shape index (κ3) is 2.12. The van der Waals surface area contributed by atoms with Gasteiger partial charge >= 0.3 is 0 Å². The zero-order chi connectivity index (χ0) is 10.7. The van der Waals surface area contributed by atoms with E-state index in [0.29, 0.717) is 0 Å². The predicted octanol–water partition coefficient (Wildman–Crippen LogP) is 1.31. The van der Waals surface area contributed by atoms with Crippen molar-refractivity contribution < 1.29 is 4.79 Å². The van der Waals surface area contributed by atoms with Crippen LogP contribution >= 0.6 is 0 Å². The van der Waals surface area contributed by atoms with E-state index >= 15 is 0 Å². The Hall–Kier alpha value is -1.35.